The molecule has 0 bridgehead atoms. The minimum Gasteiger partial charge on any atom is -0.481 e. The molecular formula is C20H22N6O4. The Morgan fingerprint density at radius 2 is 2.10 bits per heavy atom. The van der Waals surface area contributed by atoms with Gasteiger partial charge < -0.3 is 26.8 Å². The largest absolute Gasteiger partial charge is 0.481 e. The molecule has 1 aromatic carbocycles. The molecule has 1 aliphatic heterocycles. The zero-order valence-electron chi connectivity index (χ0n) is 16.1. The van der Waals surface area contributed by atoms with Crippen LogP contribution in [0.1, 0.15) is 40.4 Å². The highest BCUT2D eigenvalue weighted by Crippen LogP contribution is 2.27. The van der Waals surface area contributed by atoms with E-state index in [-0.39, 0.29) is 37.2 Å². The molecule has 30 heavy (non-hydrogen) atoms. The summed E-state index contributed by atoms with van der Waals surface area (Å²) in [5, 5.41) is 11.8. The average Bonchev–Trinajstić information content (AvgIpc) is 3.01. The molecule has 6 N–H and O–H groups in total. The lowest BCUT2D eigenvalue weighted by Crippen LogP contribution is -2.34. The predicted octanol–water partition coefficient (Wildman–Crippen LogP) is 0.665. The summed E-state index contributed by atoms with van der Waals surface area (Å²) in [5.74, 6) is -1.70. The maximum atomic E-state index is 12.6. The Kier molecular flexibility index (Phi) is 6.26. The first-order valence-corrected chi connectivity index (χ1v) is 9.26. The fraction of sp³-hybridized carbons (Fsp3) is 0.250. The van der Waals surface area contributed by atoms with E-state index in [4.69, 9.17) is 16.6 Å². The van der Waals surface area contributed by atoms with Gasteiger partial charge in [0.1, 0.15) is 0 Å². The van der Waals surface area contributed by atoms with Gasteiger partial charge in [-0.05, 0) is 29.3 Å². The van der Waals surface area contributed by atoms with Crippen LogP contribution in [0.25, 0.3) is 0 Å². The van der Waals surface area contributed by atoms with E-state index in [0.717, 1.165) is 5.56 Å². The summed E-state index contributed by atoms with van der Waals surface area (Å²) in [4.78, 5) is 45.7. The van der Waals surface area contributed by atoms with E-state index in [9.17, 15) is 14.4 Å². The van der Waals surface area contributed by atoms with E-state index in [0.29, 0.717) is 23.4 Å². The van der Waals surface area contributed by atoms with Crippen LogP contribution in [-0.4, -0.2) is 45.3 Å². The summed E-state index contributed by atoms with van der Waals surface area (Å²) >= 11 is 0. The van der Waals surface area contributed by atoms with Gasteiger partial charge in [-0.1, -0.05) is 12.1 Å². The van der Waals surface area contributed by atoms with Gasteiger partial charge in [-0.2, -0.15) is 0 Å². The first-order valence-electron chi connectivity index (χ1n) is 9.26. The van der Waals surface area contributed by atoms with Crippen LogP contribution in [0.15, 0.2) is 47.7 Å². The number of nitrogens with one attached hydrogen (secondary N) is 1. The highest BCUT2D eigenvalue weighted by molar-refractivity contribution is 5.99. The lowest BCUT2D eigenvalue weighted by molar-refractivity contribution is -0.137. The van der Waals surface area contributed by atoms with Crippen LogP contribution in [0.2, 0.25) is 0 Å². The number of carboxylic acids is 1. The van der Waals surface area contributed by atoms with Crippen LogP contribution in [0.3, 0.4) is 0 Å². The Balaban J connectivity index is 1.61. The quantitative estimate of drug-likeness (QED) is 0.367. The molecule has 2 heterocycles. The number of pyridine rings is 1. The molecule has 0 saturated carbocycles. The number of benzene rings is 1. The summed E-state index contributed by atoms with van der Waals surface area (Å²) < 4.78 is 0. The molecule has 3 rings (SSSR count). The number of carbonyl (C=O) groups excluding carboxylic acids is 2. The second-order valence-electron chi connectivity index (χ2n) is 6.86. The monoisotopic (exact) mass is 410 g/mol. The van der Waals surface area contributed by atoms with Crippen molar-refractivity contribution in [1.82, 2.24) is 15.2 Å². The van der Waals surface area contributed by atoms with Crippen molar-refractivity contribution in [2.75, 3.05) is 6.54 Å². The fourth-order valence-electron chi connectivity index (χ4n) is 3.26. The third kappa shape index (κ3) is 5.10. The summed E-state index contributed by atoms with van der Waals surface area (Å²) in [6.07, 6.45) is 2.86. The number of amides is 2. The standard InChI is InChI=1S/C20H22N6O4/c21-20(22)24-14-4-3-13-11-26(19(30)15(13)8-14)7-5-17(27)25-16(9-18(28)29)12-2-1-6-23-10-12/h1-4,6,8,10,16H,5,7,9,11H2,(H,25,27)(H,28,29)(H4,21,22,24). The molecule has 10 heteroatoms. The van der Waals surface area contributed by atoms with Crippen molar-refractivity contribution >= 4 is 29.4 Å². The normalized spacial score (nSPS) is 13.5. The molecule has 0 saturated heterocycles. The Hall–Kier alpha value is -3.95. The number of aliphatic carboxylic acids is 1. The molecule has 2 amide bonds. The molecule has 0 fully saturated rings. The van der Waals surface area contributed by atoms with Crippen molar-refractivity contribution in [2.45, 2.75) is 25.4 Å². The van der Waals surface area contributed by atoms with Crippen LogP contribution in [0.4, 0.5) is 5.69 Å². The van der Waals surface area contributed by atoms with Gasteiger partial charge in [0, 0.05) is 37.5 Å². The zero-order valence-corrected chi connectivity index (χ0v) is 16.1. The Morgan fingerprint density at radius 1 is 1.30 bits per heavy atom. The van der Waals surface area contributed by atoms with Gasteiger partial charge in [0.15, 0.2) is 5.96 Å². The molecule has 1 unspecified atom stereocenters. The SMILES string of the molecule is NC(N)=Nc1ccc2c(c1)C(=O)N(CCC(=O)NC(CC(=O)O)c1cccnc1)C2. The smallest absolute Gasteiger partial charge is 0.305 e. The Bertz CT molecular complexity index is 988. The number of fused-ring (bicyclic) bond motifs is 1. The number of nitrogens with two attached hydrogens (primary N) is 2. The minimum absolute atomic E-state index is 0.0386. The van der Waals surface area contributed by atoms with Gasteiger partial charge >= 0.3 is 5.97 Å². The fourth-order valence-corrected chi connectivity index (χ4v) is 3.26. The third-order valence-electron chi connectivity index (χ3n) is 4.64. The van der Waals surface area contributed by atoms with Crippen LogP contribution < -0.4 is 16.8 Å². The number of guanidine groups is 1. The minimum atomic E-state index is -1.04. The van der Waals surface area contributed by atoms with Crippen molar-refractivity contribution in [2.24, 2.45) is 16.5 Å². The maximum Gasteiger partial charge on any atom is 0.305 e. The van der Waals surface area contributed by atoms with Gasteiger partial charge in [0.2, 0.25) is 5.91 Å². The number of aromatic nitrogens is 1. The number of hydrogen-bond acceptors (Lipinski definition) is 5. The van der Waals surface area contributed by atoms with E-state index in [1.54, 1.807) is 41.4 Å². The van der Waals surface area contributed by atoms with Crippen LogP contribution in [0.5, 0.6) is 0 Å². The van der Waals surface area contributed by atoms with E-state index >= 15 is 0 Å². The molecule has 2 aromatic rings. The molecule has 1 atom stereocenters. The average molecular weight is 410 g/mol. The number of carbonyl (C=O) groups is 3. The molecule has 0 aliphatic carbocycles. The molecule has 10 nitrogen and oxygen atoms in total. The number of hydrogen-bond donors (Lipinski definition) is 4. The second-order valence-corrected chi connectivity index (χ2v) is 6.86. The van der Waals surface area contributed by atoms with Gasteiger partial charge in [-0.25, -0.2) is 4.99 Å². The van der Waals surface area contributed by atoms with E-state index in [1.807, 2.05) is 0 Å². The predicted molar refractivity (Wildman–Crippen MR) is 109 cm³/mol. The summed E-state index contributed by atoms with van der Waals surface area (Å²) in [6, 6.07) is 7.79. The molecule has 1 aliphatic rings. The summed E-state index contributed by atoms with van der Waals surface area (Å²) in [6.45, 7) is 0.578. The first-order chi connectivity index (χ1) is 14.3. The molecule has 156 valence electrons. The Labute approximate surface area is 172 Å². The van der Waals surface area contributed by atoms with E-state index < -0.39 is 12.0 Å². The van der Waals surface area contributed by atoms with Crippen molar-refractivity contribution in [3.8, 4) is 0 Å². The number of rotatable bonds is 8. The van der Waals surface area contributed by atoms with Crippen LogP contribution >= 0.6 is 0 Å². The van der Waals surface area contributed by atoms with Crippen LogP contribution in [-0.2, 0) is 16.1 Å². The van der Waals surface area contributed by atoms with Crippen molar-refractivity contribution in [1.29, 1.82) is 0 Å². The van der Waals surface area contributed by atoms with E-state index in [1.165, 1.54) is 6.20 Å². The lowest BCUT2D eigenvalue weighted by atomic mass is 10.1. The van der Waals surface area contributed by atoms with Gasteiger partial charge in [0.25, 0.3) is 5.91 Å². The zero-order chi connectivity index (χ0) is 21.7. The van der Waals surface area contributed by atoms with E-state index in [2.05, 4.69) is 15.3 Å². The molecule has 0 spiro atoms. The van der Waals surface area contributed by atoms with Gasteiger partial charge in [0.05, 0.1) is 18.2 Å². The second kappa shape index (κ2) is 9.03. The summed E-state index contributed by atoms with van der Waals surface area (Å²) in [7, 11) is 0. The molecular weight excluding hydrogens is 388 g/mol. The van der Waals surface area contributed by atoms with Crippen molar-refractivity contribution in [3.63, 3.8) is 0 Å². The van der Waals surface area contributed by atoms with Crippen molar-refractivity contribution in [3.05, 3.63) is 59.4 Å². The highest BCUT2D eigenvalue weighted by Gasteiger charge is 2.28. The third-order valence-corrected chi connectivity index (χ3v) is 4.64. The number of aliphatic imine (C=N–C) groups is 1. The first kappa shape index (κ1) is 20.8. The topological polar surface area (TPSA) is 164 Å². The molecule has 0 radical (unpaired) electrons. The van der Waals surface area contributed by atoms with Crippen LogP contribution in [0, 0.1) is 0 Å². The lowest BCUT2D eigenvalue weighted by Gasteiger charge is -2.19. The maximum absolute atomic E-state index is 12.6. The number of carboxylic acid groups (broad SMARTS) is 1. The summed E-state index contributed by atoms with van der Waals surface area (Å²) in [5.41, 5.74) is 13.2. The van der Waals surface area contributed by atoms with Gasteiger partial charge in [-0.3, -0.25) is 19.4 Å². The Morgan fingerprint density at radius 3 is 2.77 bits per heavy atom. The van der Waals surface area contributed by atoms with Crippen molar-refractivity contribution < 1.29 is 19.5 Å². The molecule has 1 aromatic heterocycles. The number of nitrogens with zero attached hydrogens (tertiary/aromatic N) is 3. The highest BCUT2D eigenvalue weighted by atomic mass is 16.4. The van der Waals surface area contributed by atoms with Gasteiger partial charge in [-0.15, -0.1) is 0 Å².